The number of rotatable bonds is 5. The molecular formula is C11H22Na2O7P2Si. The Morgan fingerprint density at radius 1 is 0.957 bits per heavy atom. The number of aliphatic hydroxyl groups is 1. The number of benzene rings is 1. The van der Waals surface area contributed by atoms with Gasteiger partial charge in [-0.25, -0.2) is 0 Å². The third-order valence-corrected chi connectivity index (χ3v) is 7.65. The van der Waals surface area contributed by atoms with Crippen LogP contribution in [0.2, 0.25) is 19.6 Å². The van der Waals surface area contributed by atoms with Crippen LogP contribution in [0.4, 0.5) is 0 Å². The van der Waals surface area contributed by atoms with E-state index < -0.39 is 34.8 Å². The summed E-state index contributed by atoms with van der Waals surface area (Å²) in [7, 11) is -11.8. The van der Waals surface area contributed by atoms with E-state index in [1.54, 1.807) is 12.1 Å². The summed E-state index contributed by atoms with van der Waals surface area (Å²) in [6.07, 6.45) is 0. The summed E-state index contributed by atoms with van der Waals surface area (Å²) in [6.45, 7) is 6.08. The molecule has 12 heteroatoms. The van der Waals surface area contributed by atoms with Gasteiger partial charge in [0.25, 0.3) is 0 Å². The Bertz CT molecular complexity index is 611. The maximum absolute atomic E-state index is 11.6. The van der Waals surface area contributed by atoms with Crippen LogP contribution < -0.4 is 5.19 Å². The minimum absolute atomic E-state index is 0. The monoisotopic (exact) mass is 402 g/mol. The normalized spacial score (nSPS) is 15.1. The van der Waals surface area contributed by atoms with E-state index in [-0.39, 0.29) is 64.7 Å². The molecule has 23 heavy (non-hydrogen) atoms. The molecule has 0 saturated heterocycles. The van der Waals surface area contributed by atoms with Gasteiger partial charge in [-0.05, 0) is 5.56 Å². The molecule has 0 aliphatic heterocycles. The van der Waals surface area contributed by atoms with E-state index >= 15 is 0 Å². The van der Waals surface area contributed by atoms with E-state index in [4.69, 9.17) is 9.79 Å². The molecule has 124 valence electrons. The summed E-state index contributed by atoms with van der Waals surface area (Å²) in [5.74, 6) is -2.45. The first kappa shape index (κ1) is 26.9. The van der Waals surface area contributed by atoms with Crippen molar-refractivity contribution in [3.8, 4) is 0 Å². The molecule has 0 amide bonds. The van der Waals surface area contributed by atoms with Crippen LogP contribution in [0.5, 0.6) is 0 Å². The zero-order valence-electron chi connectivity index (χ0n) is 11.9. The van der Waals surface area contributed by atoms with E-state index in [9.17, 15) is 24.0 Å². The first-order valence-corrected chi connectivity index (χ1v) is 13.0. The summed E-state index contributed by atoms with van der Waals surface area (Å²) >= 11 is 0. The second kappa shape index (κ2) is 9.58. The summed E-state index contributed by atoms with van der Waals surface area (Å²) in [4.78, 5) is 36.8. The molecule has 2 unspecified atom stereocenters. The molecule has 5 N–H and O–H groups in total. The van der Waals surface area contributed by atoms with Crippen molar-refractivity contribution in [2.45, 2.75) is 31.1 Å². The van der Waals surface area contributed by atoms with Crippen LogP contribution in [0, 0.1) is 0 Å². The van der Waals surface area contributed by atoms with Crippen LogP contribution in [0.1, 0.15) is 11.2 Å². The first-order valence-electron chi connectivity index (χ1n) is 6.13. The Labute approximate surface area is 180 Å². The predicted octanol–water partition coefficient (Wildman–Crippen LogP) is -0.350. The Balaban J connectivity index is 0. The van der Waals surface area contributed by atoms with Gasteiger partial charge in [0.05, 0.1) is 8.07 Å². The van der Waals surface area contributed by atoms with Gasteiger partial charge in [-0.15, -0.1) is 0 Å². The van der Waals surface area contributed by atoms with Crippen LogP contribution in [0.25, 0.3) is 0 Å². The molecule has 0 saturated carbocycles. The predicted molar refractivity (Wildman–Crippen MR) is 96.6 cm³/mol. The standard InChI is InChI=1S/C11H20O7P2Si.2Na.2H/c1-21(2,3)9-6-4-5-8(7-9)10(19(13,14)15)11(12)20(16,17)18;;;;/h4-7,10-12H,1-3H3,(H2,13,14,15)(H2,16,17,18);;;;. The van der Waals surface area contributed by atoms with Gasteiger partial charge < -0.3 is 24.7 Å². The maximum atomic E-state index is 11.6. The molecule has 0 aliphatic carbocycles. The Hall–Kier alpha value is 1.70. The van der Waals surface area contributed by atoms with Crippen molar-refractivity contribution in [2.75, 3.05) is 0 Å². The van der Waals surface area contributed by atoms with E-state index in [1.165, 1.54) is 12.1 Å². The van der Waals surface area contributed by atoms with E-state index in [0.717, 1.165) is 5.19 Å². The molecule has 0 spiro atoms. The molecule has 1 rings (SSSR count). The van der Waals surface area contributed by atoms with Crippen molar-refractivity contribution in [3.05, 3.63) is 29.8 Å². The van der Waals surface area contributed by atoms with Gasteiger partial charge in [-0.1, -0.05) is 49.1 Å². The molecule has 1 aromatic carbocycles. The summed E-state index contributed by atoms with van der Waals surface area (Å²) in [5, 5.41) is 10.6. The van der Waals surface area contributed by atoms with Gasteiger partial charge >= 0.3 is 74.3 Å². The van der Waals surface area contributed by atoms with Crippen molar-refractivity contribution < 1.29 is 33.8 Å². The van der Waals surface area contributed by atoms with E-state index in [2.05, 4.69) is 0 Å². The number of hydrogen-bond acceptors (Lipinski definition) is 3. The number of hydrogen-bond donors (Lipinski definition) is 5. The Kier molecular flexibility index (Phi) is 11.2. The van der Waals surface area contributed by atoms with Gasteiger partial charge in [0.1, 0.15) is 5.66 Å². The molecule has 0 bridgehead atoms. The van der Waals surface area contributed by atoms with E-state index in [1.807, 2.05) is 19.6 Å². The third kappa shape index (κ3) is 7.85. The van der Waals surface area contributed by atoms with Crippen LogP contribution in [-0.4, -0.2) is 97.7 Å². The molecular weight excluding hydrogens is 380 g/mol. The van der Waals surface area contributed by atoms with Gasteiger partial charge in [-0.3, -0.25) is 9.13 Å². The molecule has 0 heterocycles. The summed E-state index contributed by atoms with van der Waals surface area (Å²) in [6, 6.07) is 6.23. The van der Waals surface area contributed by atoms with Gasteiger partial charge in [-0.2, -0.15) is 0 Å². The second-order valence-electron chi connectivity index (χ2n) is 5.91. The van der Waals surface area contributed by atoms with Crippen LogP contribution in [-0.2, 0) is 9.13 Å². The average molecular weight is 402 g/mol. The molecule has 2 atom stereocenters. The fourth-order valence-electron chi connectivity index (χ4n) is 1.91. The molecule has 7 nitrogen and oxygen atoms in total. The average Bonchev–Trinajstić information content (AvgIpc) is 2.25. The number of aliphatic hydroxyl groups excluding tert-OH is 1. The third-order valence-electron chi connectivity index (χ3n) is 3.08. The van der Waals surface area contributed by atoms with E-state index in [0.29, 0.717) is 0 Å². The minimum atomic E-state index is -5.06. The Morgan fingerprint density at radius 2 is 1.43 bits per heavy atom. The summed E-state index contributed by atoms with van der Waals surface area (Å²) in [5.41, 5.74) is -1.92. The Morgan fingerprint density at radius 3 is 1.78 bits per heavy atom. The fourth-order valence-corrected chi connectivity index (χ4v) is 5.59. The molecule has 0 radical (unpaired) electrons. The first-order chi connectivity index (χ1) is 9.24. The van der Waals surface area contributed by atoms with Crippen molar-refractivity contribution in [1.29, 1.82) is 0 Å². The zero-order chi connectivity index (χ0) is 16.6. The zero-order valence-corrected chi connectivity index (χ0v) is 14.7. The van der Waals surface area contributed by atoms with Crippen LogP contribution >= 0.6 is 15.2 Å². The summed E-state index contributed by atoms with van der Waals surface area (Å²) < 4.78 is 22.8. The van der Waals surface area contributed by atoms with Crippen molar-refractivity contribution in [3.63, 3.8) is 0 Å². The van der Waals surface area contributed by atoms with Crippen LogP contribution in [0.15, 0.2) is 24.3 Å². The molecule has 0 fully saturated rings. The van der Waals surface area contributed by atoms with Crippen molar-refractivity contribution in [1.82, 2.24) is 0 Å². The van der Waals surface area contributed by atoms with Crippen molar-refractivity contribution in [2.24, 2.45) is 0 Å². The van der Waals surface area contributed by atoms with Crippen molar-refractivity contribution >= 4 is 87.6 Å². The van der Waals surface area contributed by atoms with Gasteiger partial charge in [0.2, 0.25) is 0 Å². The van der Waals surface area contributed by atoms with Gasteiger partial charge in [0.15, 0.2) is 5.85 Å². The molecule has 0 aliphatic rings. The van der Waals surface area contributed by atoms with Gasteiger partial charge in [0, 0.05) is 0 Å². The van der Waals surface area contributed by atoms with Crippen LogP contribution in [0.3, 0.4) is 0 Å². The topological polar surface area (TPSA) is 135 Å². The SMILES string of the molecule is C[Si](C)(C)c1cccc(C(C(O)P(=O)(O)O)P(=O)(O)O)c1.[NaH].[NaH]. The molecule has 1 aromatic rings. The second-order valence-corrected chi connectivity index (χ2v) is 14.4. The quantitative estimate of drug-likeness (QED) is 0.336. The molecule has 0 aromatic heterocycles. The fraction of sp³-hybridized carbons (Fsp3) is 0.455.